The fourth-order valence-corrected chi connectivity index (χ4v) is 4.59. The summed E-state index contributed by atoms with van der Waals surface area (Å²) in [5, 5.41) is 0. The minimum absolute atomic E-state index is 0.0255. The maximum Gasteiger partial charge on any atom is 0.310 e. The zero-order chi connectivity index (χ0) is 19.4. The van der Waals surface area contributed by atoms with Crippen LogP contribution in [-0.2, 0) is 26.2 Å². The number of benzene rings is 2. The van der Waals surface area contributed by atoms with E-state index >= 15 is 0 Å². The Kier molecular flexibility index (Phi) is 5.92. The minimum Gasteiger partial charge on any atom is -0.461 e. The average molecular weight is 391 g/mol. The lowest BCUT2D eigenvalue weighted by Gasteiger charge is -2.30. The van der Waals surface area contributed by atoms with E-state index in [0.29, 0.717) is 19.4 Å². The quantitative estimate of drug-likeness (QED) is 0.734. The van der Waals surface area contributed by atoms with E-state index in [0.717, 1.165) is 23.3 Å². The Morgan fingerprint density at radius 2 is 1.81 bits per heavy atom. The first-order valence-electron chi connectivity index (χ1n) is 8.84. The standard InChI is InChI=1S/C20H22FNO4S/c1-15-4-6-16(7-5-15)14-26-20(23)17-3-2-12-22(13-17)27(24,25)19-10-8-18(21)9-11-19/h4-11,17H,2-3,12-14H2,1H3. The molecule has 0 spiro atoms. The summed E-state index contributed by atoms with van der Waals surface area (Å²) < 4.78 is 45.2. The van der Waals surface area contributed by atoms with E-state index in [2.05, 4.69) is 0 Å². The molecule has 0 aliphatic carbocycles. The highest BCUT2D eigenvalue weighted by molar-refractivity contribution is 7.89. The van der Waals surface area contributed by atoms with Crippen LogP contribution in [0.25, 0.3) is 0 Å². The van der Waals surface area contributed by atoms with Gasteiger partial charge in [-0.15, -0.1) is 0 Å². The Morgan fingerprint density at radius 3 is 2.48 bits per heavy atom. The summed E-state index contributed by atoms with van der Waals surface area (Å²) in [6.45, 7) is 2.56. The number of rotatable bonds is 5. The van der Waals surface area contributed by atoms with Gasteiger partial charge in [0.2, 0.25) is 10.0 Å². The van der Waals surface area contributed by atoms with Crippen molar-refractivity contribution in [2.45, 2.75) is 31.3 Å². The lowest BCUT2D eigenvalue weighted by molar-refractivity contribution is -0.151. The van der Waals surface area contributed by atoms with Gasteiger partial charge in [-0.25, -0.2) is 12.8 Å². The SMILES string of the molecule is Cc1ccc(COC(=O)C2CCCN(S(=O)(=O)c3ccc(F)cc3)C2)cc1. The number of carbonyl (C=O) groups is 1. The largest absolute Gasteiger partial charge is 0.461 e. The Hall–Kier alpha value is -2.25. The summed E-state index contributed by atoms with van der Waals surface area (Å²) in [6.07, 6.45) is 1.16. The van der Waals surface area contributed by atoms with Gasteiger partial charge in [-0.3, -0.25) is 4.79 Å². The van der Waals surface area contributed by atoms with Gasteiger partial charge < -0.3 is 4.74 Å². The predicted octanol–water partition coefficient (Wildman–Crippen LogP) is 3.28. The minimum atomic E-state index is -3.76. The third kappa shape index (κ3) is 4.73. The maximum atomic E-state index is 13.1. The van der Waals surface area contributed by atoms with Crippen molar-refractivity contribution in [3.63, 3.8) is 0 Å². The summed E-state index contributed by atoms with van der Waals surface area (Å²) in [5.74, 6) is -1.39. The normalized spacial score (nSPS) is 18.2. The van der Waals surface area contributed by atoms with E-state index in [1.165, 1.54) is 16.4 Å². The number of hydrogen-bond acceptors (Lipinski definition) is 4. The topological polar surface area (TPSA) is 63.7 Å². The van der Waals surface area contributed by atoms with E-state index in [1.54, 1.807) is 0 Å². The average Bonchev–Trinajstić information content (AvgIpc) is 2.68. The summed E-state index contributed by atoms with van der Waals surface area (Å²) >= 11 is 0. The molecule has 1 aliphatic rings. The molecule has 1 heterocycles. The van der Waals surface area contributed by atoms with Gasteiger partial charge in [0, 0.05) is 13.1 Å². The van der Waals surface area contributed by atoms with Crippen LogP contribution in [-0.4, -0.2) is 31.8 Å². The van der Waals surface area contributed by atoms with Crippen LogP contribution in [0.2, 0.25) is 0 Å². The number of halogens is 1. The van der Waals surface area contributed by atoms with Gasteiger partial charge >= 0.3 is 5.97 Å². The van der Waals surface area contributed by atoms with Gasteiger partial charge in [-0.05, 0) is 49.6 Å². The molecule has 0 aromatic heterocycles. The Bertz CT molecular complexity index is 895. The monoisotopic (exact) mass is 391 g/mol. The van der Waals surface area contributed by atoms with Crippen LogP contribution < -0.4 is 0 Å². The second-order valence-electron chi connectivity index (χ2n) is 6.75. The van der Waals surface area contributed by atoms with Gasteiger partial charge in [-0.1, -0.05) is 29.8 Å². The molecule has 0 bridgehead atoms. The molecular formula is C20H22FNO4S. The molecule has 2 aromatic carbocycles. The lowest BCUT2D eigenvalue weighted by Crippen LogP contribution is -2.42. The molecule has 2 aromatic rings. The number of sulfonamides is 1. The van der Waals surface area contributed by atoms with E-state index < -0.39 is 27.7 Å². The zero-order valence-electron chi connectivity index (χ0n) is 15.1. The molecule has 0 amide bonds. The van der Waals surface area contributed by atoms with Crippen LogP contribution in [0.3, 0.4) is 0 Å². The Morgan fingerprint density at radius 1 is 1.15 bits per heavy atom. The number of aryl methyl sites for hydroxylation is 1. The maximum absolute atomic E-state index is 13.1. The van der Waals surface area contributed by atoms with E-state index in [4.69, 9.17) is 4.74 Å². The number of carbonyl (C=O) groups excluding carboxylic acids is 1. The van der Waals surface area contributed by atoms with Crippen LogP contribution in [0.15, 0.2) is 53.4 Å². The van der Waals surface area contributed by atoms with Crippen LogP contribution >= 0.6 is 0 Å². The summed E-state index contributed by atoms with van der Waals surface area (Å²) in [4.78, 5) is 12.4. The molecule has 1 atom stereocenters. The summed E-state index contributed by atoms with van der Waals surface area (Å²) in [7, 11) is -3.76. The molecular weight excluding hydrogens is 369 g/mol. The molecule has 5 nitrogen and oxygen atoms in total. The van der Waals surface area contributed by atoms with Crippen molar-refractivity contribution in [2.75, 3.05) is 13.1 Å². The third-order valence-electron chi connectivity index (χ3n) is 4.67. The molecule has 0 saturated carbocycles. The smallest absolute Gasteiger partial charge is 0.310 e. The van der Waals surface area contributed by atoms with Crippen molar-refractivity contribution >= 4 is 16.0 Å². The fraction of sp³-hybridized carbons (Fsp3) is 0.350. The molecule has 1 saturated heterocycles. The first-order valence-corrected chi connectivity index (χ1v) is 10.3. The molecule has 1 aliphatic heterocycles. The predicted molar refractivity (Wildman–Crippen MR) is 98.9 cm³/mol. The number of nitrogens with zero attached hydrogens (tertiary/aromatic N) is 1. The van der Waals surface area contributed by atoms with Crippen LogP contribution in [0.1, 0.15) is 24.0 Å². The summed E-state index contributed by atoms with van der Waals surface area (Å²) in [6, 6.07) is 12.4. The fourth-order valence-electron chi connectivity index (χ4n) is 3.07. The van der Waals surface area contributed by atoms with E-state index in [-0.39, 0.29) is 18.0 Å². The van der Waals surface area contributed by atoms with Gasteiger partial charge in [0.25, 0.3) is 0 Å². The van der Waals surface area contributed by atoms with Gasteiger partial charge in [-0.2, -0.15) is 4.31 Å². The van der Waals surface area contributed by atoms with E-state index in [1.807, 2.05) is 31.2 Å². The van der Waals surface area contributed by atoms with E-state index in [9.17, 15) is 17.6 Å². The van der Waals surface area contributed by atoms with Crippen molar-refractivity contribution in [1.82, 2.24) is 4.31 Å². The Labute approximate surface area is 158 Å². The lowest BCUT2D eigenvalue weighted by atomic mass is 10.00. The van der Waals surface area contributed by atoms with Gasteiger partial charge in [0.05, 0.1) is 10.8 Å². The van der Waals surface area contributed by atoms with Gasteiger partial charge in [0.15, 0.2) is 0 Å². The zero-order valence-corrected chi connectivity index (χ0v) is 15.9. The number of ether oxygens (including phenoxy) is 1. The second-order valence-corrected chi connectivity index (χ2v) is 8.69. The number of piperidine rings is 1. The number of hydrogen-bond donors (Lipinski definition) is 0. The third-order valence-corrected chi connectivity index (χ3v) is 6.55. The van der Waals surface area contributed by atoms with Crippen LogP contribution in [0, 0.1) is 18.7 Å². The molecule has 144 valence electrons. The molecule has 1 unspecified atom stereocenters. The van der Waals surface area contributed by atoms with Crippen molar-refractivity contribution in [3.05, 3.63) is 65.5 Å². The molecule has 0 N–H and O–H groups in total. The molecule has 1 fully saturated rings. The van der Waals surface area contributed by atoms with Crippen molar-refractivity contribution in [3.8, 4) is 0 Å². The van der Waals surface area contributed by atoms with Crippen LogP contribution in [0.5, 0.6) is 0 Å². The second kappa shape index (κ2) is 8.19. The van der Waals surface area contributed by atoms with Crippen LogP contribution in [0.4, 0.5) is 4.39 Å². The highest BCUT2D eigenvalue weighted by Gasteiger charge is 2.34. The van der Waals surface area contributed by atoms with Gasteiger partial charge in [0.1, 0.15) is 12.4 Å². The van der Waals surface area contributed by atoms with Crippen molar-refractivity contribution in [1.29, 1.82) is 0 Å². The molecule has 7 heteroatoms. The van der Waals surface area contributed by atoms with Crippen molar-refractivity contribution in [2.24, 2.45) is 5.92 Å². The first kappa shape index (κ1) is 19.5. The van der Waals surface area contributed by atoms with Crippen molar-refractivity contribution < 1.29 is 22.3 Å². The number of esters is 1. The molecule has 27 heavy (non-hydrogen) atoms. The molecule has 0 radical (unpaired) electrons. The first-order chi connectivity index (χ1) is 12.9. The highest BCUT2D eigenvalue weighted by atomic mass is 32.2. The summed E-state index contributed by atoms with van der Waals surface area (Å²) in [5.41, 5.74) is 2.01. The highest BCUT2D eigenvalue weighted by Crippen LogP contribution is 2.25. The molecule has 3 rings (SSSR count). The Balaban J connectivity index is 1.63.